The average molecular weight is 371 g/mol. The molecule has 0 fully saturated rings. The standard InChI is InChI=1S/C22H34OSi2/c1-21(2,3)24(7,19-15-11-9-12-16-19)23-25(8,22(4,5)6)20-17-13-10-14-18-20/h9-18H,1-8H3. The van der Waals surface area contributed by atoms with Crippen LogP contribution in [0.5, 0.6) is 0 Å². The van der Waals surface area contributed by atoms with Gasteiger partial charge < -0.3 is 4.12 Å². The lowest BCUT2D eigenvalue weighted by Crippen LogP contribution is -2.67. The third kappa shape index (κ3) is 3.84. The van der Waals surface area contributed by atoms with Crippen LogP contribution in [0.3, 0.4) is 0 Å². The molecule has 0 aliphatic carbocycles. The quantitative estimate of drug-likeness (QED) is 0.639. The van der Waals surface area contributed by atoms with Crippen LogP contribution < -0.4 is 10.4 Å². The lowest BCUT2D eigenvalue weighted by molar-refractivity contribution is 0.462. The summed E-state index contributed by atoms with van der Waals surface area (Å²) in [5, 5.41) is 3.01. The van der Waals surface area contributed by atoms with Crippen molar-refractivity contribution in [3.05, 3.63) is 60.7 Å². The summed E-state index contributed by atoms with van der Waals surface area (Å²) >= 11 is 0. The van der Waals surface area contributed by atoms with Crippen molar-refractivity contribution in [2.45, 2.75) is 64.7 Å². The minimum absolute atomic E-state index is 0.114. The first-order valence-corrected chi connectivity index (χ1v) is 14.0. The monoisotopic (exact) mass is 370 g/mol. The van der Waals surface area contributed by atoms with Gasteiger partial charge in [-0.15, -0.1) is 0 Å². The van der Waals surface area contributed by atoms with Gasteiger partial charge in [0.15, 0.2) is 0 Å². The molecule has 2 atom stereocenters. The van der Waals surface area contributed by atoms with E-state index in [1.807, 2.05) is 0 Å². The van der Waals surface area contributed by atoms with Crippen LogP contribution in [0.4, 0.5) is 0 Å². The lowest BCUT2D eigenvalue weighted by atomic mass is 10.2. The van der Waals surface area contributed by atoms with Gasteiger partial charge in [-0.1, -0.05) is 102 Å². The Hall–Kier alpha value is -1.17. The highest BCUT2D eigenvalue weighted by Crippen LogP contribution is 2.44. The molecule has 0 aliphatic rings. The molecule has 2 unspecified atom stereocenters. The number of benzene rings is 2. The molecule has 1 nitrogen and oxygen atoms in total. The van der Waals surface area contributed by atoms with E-state index in [9.17, 15) is 0 Å². The largest absolute Gasteiger partial charge is 0.448 e. The first-order valence-electron chi connectivity index (χ1n) is 9.23. The van der Waals surface area contributed by atoms with Crippen molar-refractivity contribution in [2.24, 2.45) is 0 Å². The van der Waals surface area contributed by atoms with Gasteiger partial charge in [-0.25, -0.2) is 0 Å². The minimum Gasteiger partial charge on any atom is -0.448 e. The van der Waals surface area contributed by atoms with Gasteiger partial charge in [0, 0.05) is 0 Å². The van der Waals surface area contributed by atoms with E-state index in [0.717, 1.165) is 0 Å². The van der Waals surface area contributed by atoms with Crippen LogP contribution in [0, 0.1) is 0 Å². The lowest BCUT2D eigenvalue weighted by Gasteiger charge is -2.50. The summed E-state index contributed by atoms with van der Waals surface area (Å²) in [5.74, 6) is 0. The van der Waals surface area contributed by atoms with Crippen LogP contribution >= 0.6 is 0 Å². The molecule has 0 spiro atoms. The molecule has 3 heteroatoms. The Balaban J connectivity index is 2.63. The molecule has 2 aromatic rings. The first-order chi connectivity index (χ1) is 11.4. The van der Waals surface area contributed by atoms with Crippen LogP contribution in [-0.4, -0.2) is 16.6 Å². The Morgan fingerprint density at radius 2 is 0.840 bits per heavy atom. The SMILES string of the molecule is CC(C)(C)[Si](C)(O[Si](C)(c1ccccc1)C(C)(C)C)c1ccccc1. The molecule has 136 valence electrons. The first kappa shape index (κ1) is 20.1. The molecule has 0 amide bonds. The maximum atomic E-state index is 7.40. The fourth-order valence-electron chi connectivity index (χ4n) is 3.21. The van der Waals surface area contributed by atoms with E-state index >= 15 is 0 Å². The predicted molar refractivity (Wildman–Crippen MR) is 116 cm³/mol. The molecule has 2 rings (SSSR count). The Bertz CT molecular complexity index is 624. The van der Waals surface area contributed by atoms with Crippen LogP contribution in [0.15, 0.2) is 60.7 Å². The van der Waals surface area contributed by atoms with Crippen molar-refractivity contribution in [3.63, 3.8) is 0 Å². The van der Waals surface area contributed by atoms with Crippen molar-refractivity contribution < 1.29 is 4.12 Å². The molecule has 0 N–H and O–H groups in total. The molecular formula is C22H34OSi2. The van der Waals surface area contributed by atoms with Gasteiger partial charge in [-0.3, -0.25) is 0 Å². The van der Waals surface area contributed by atoms with E-state index in [4.69, 9.17) is 4.12 Å². The fraction of sp³-hybridized carbons (Fsp3) is 0.455. The highest BCUT2D eigenvalue weighted by atomic mass is 28.4. The zero-order valence-electron chi connectivity index (χ0n) is 17.2. The second-order valence-electron chi connectivity index (χ2n) is 9.40. The van der Waals surface area contributed by atoms with Gasteiger partial charge in [-0.2, -0.15) is 0 Å². The number of hydrogen-bond acceptors (Lipinski definition) is 1. The molecule has 0 aromatic heterocycles. The summed E-state index contributed by atoms with van der Waals surface area (Å²) in [6.45, 7) is 18.9. The predicted octanol–water partition coefficient (Wildman–Crippen LogP) is 5.57. The molecule has 0 bridgehead atoms. The Labute approximate surface area is 156 Å². The third-order valence-electron chi connectivity index (χ3n) is 5.92. The third-order valence-corrected chi connectivity index (χ3v) is 17.8. The van der Waals surface area contributed by atoms with Gasteiger partial charge in [0.2, 0.25) is 16.6 Å². The summed E-state index contributed by atoms with van der Waals surface area (Å²) in [4.78, 5) is 0. The molecule has 0 radical (unpaired) electrons. The Morgan fingerprint density at radius 3 is 1.08 bits per heavy atom. The van der Waals surface area contributed by atoms with Crippen LogP contribution in [0.1, 0.15) is 41.5 Å². The summed E-state index contributed by atoms with van der Waals surface area (Å²) in [7, 11) is -4.39. The summed E-state index contributed by atoms with van der Waals surface area (Å²) < 4.78 is 7.40. The van der Waals surface area contributed by atoms with Gasteiger partial charge in [-0.05, 0) is 33.5 Å². The van der Waals surface area contributed by atoms with E-state index in [-0.39, 0.29) is 10.1 Å². The smallest absolute Gasteiger partial charge is 0.214 e. The van der Waals surface area contributed by atoms with E-state index in [2.05, 4.69) is 115 Å². The normalized spacial score (nSPS) is 17.6. The second kappa shape index (κ2) is 6.86. The average Bonchev–Trinajstić information content (AvgIpc) is 2.54. The van der Waals surface area contributed by atoms with Crippen molar-refractivity contribution in [1.29, 1.82) is 0 Å². The van der Waals surface area contributed by atoms with Crippen molar-refractivity contribution in [1.82, 2.24) is 0 Å². The highest BCUT2D eigenvalue weighted by Gasteiger charge is 2.53. The Morgan fingerprint density at radius 1 is 0.560 bits per heavy atom. The zero-order valence-corrected chi connectivity index (χ0v) is 19.2. The van der Waals surface area contributed by atoms with Crippen LogP contribution in [-0.2, 0) is 4.12 Å². The van der Waals surface area contributed by atoms with Gasteiger partial charge in [0.25, 0.3) is 0 Å². The van der Waals surface area contributed by atoms with Crippen LogP contribution in [0.25, 0.3) is 0 Å². The van der Waals surface area contributed by atoms with Gasteiger partial charge in [0.05, 0.1) is 0 Å². The molecule has 0 heterocycles. The molecule has 0 saturated heterocycles. The molecular weight excluding hydrogens is 336 g/mol. The van der Waals surface area contributed by atoms with Crippen molar-refractivity contribution in [3.8, 4) is 0 Å². The molecule has 2 aromatic carbocycles. The maximum absolute atomic E-state index is 7.40. The van der Waals surface area contributed by atoms with E-state index < -0.39 is 16.6 Å². The zero-order chi connectivity index (χ0) is 18.9. The molecule has 25 heavy (non-hydrogen) atoms. The van der Waals surface area contributed by atoms with Gasteiger partial charge in [0.1, 0.15) is 0 Å². The van der Waals surface area contributed by atoms with Crippen LogP contribution in [0.2, 0.25) is 23.2 Å². The molecule has 0 aliphatic heterocycles. The highest BCUT2D eigenvalue weighted by molar-refractivity contribution is 7.00. The fourth-order valence-corrected chi connectivity index (χ4v) is 13.3. The maximum Gasteiger partial charge on any atom is 0.214 e. The van der Waals surface area contributed by atoms with E-state index in [1.165, 1.54) is 10.4 Å². The van der Waals surface area contributed by atoms with E-state index in [0.29, 0.717) is 0 Å². The van der Waals surface area contributed by atoms with Gasteiger partial charge >= 0.3 is 0 Å². The summed E-state index contributed by atoms with van der Waals surface area (Å²) in [5.41, 5.74) is 0. The topological polar surface area (TPSA) is 9.23 Å². The van der Waals surface area contributed by atoms with Crippen molar-refractivity contribution in [2.75, 3.05) is 0 Å². The Kier molecular flexibility index (Phi) is 5.53. The summed E-state index contributed by atoms with van der Waals surface area (Å²) in [6.07, 6.45) is 0. The van der Waals surface area contributed by atoms with E-state index in [1.54, 1.807) is 0 Å². The number of hydrogen-bond donors (Lipinski definition) is 0. The molecule has 0 saturated carbocycles. The second-order valence-corrected chi connectivity index (χ2v) is 18.5. The number of rotatable bonds is 4. The van der Waals surface area contributed by atoms with Crippen molar-refractivity contribution >= 4 is 27.0 Å². The minimum atomic E-state index is -2.19. The summed E-state index contributed by atoms with van der Waals surface area (Å²) in [6, 6.07) is 21.8.